The van der Waals surface area contributed by atoms with Crippen molar-refractivity contribution < 1.29 is 27.5 Å². The molecule has 0 fully saturated rings. The zero-order chi connectivity index (χ0) is 15.3. The summed E-state index contributed by atoms with van der Waals surface area (Å²) in [5, 5.41) is 10.9. The molecule has 0 atom stereocenters. The van der Waals surface area contributed by atoms with E-state index in [0.717, 1.165) is 18.2 Å². The van der Waals surface area contributed by atoms with Crippen LogP contribution in [0, 0.1) is 5.82 Å². The van der Waals surface area contributed by atoms with Gasteiger partial charge < -0.3 is 10.4 Å². The van der Waals surface area contributed by atoms with Crippen molar-refractivity contribution >= 4 is 21.7 Å². The molecule has 0 aliphatic carbocycles. The molecule has 0 aliphatic rings. The highest BCUT2D eigenvalue weighted by Gasteiger charge is 2.15. The standard InChI is InChI=1S/C12H14FNO5S/c1-2-20(18,19)6-5-14-11(15)9-4-3-8(12(16)17)7-10(9)13/h3-4,7H,2,5-6H2,1H3,(H,14,15)(H,16,17). The lowest BCUT2D eigenvalue weighted by molar-refractivity contribution is 0.0695. The molecular weight excluding hydrogens is 289 g/mol. The molecule has 0 spiro atoms. The second-order valence-corrected chi connectivity index (χ2v) is 6.46. The maximum atomic E-state index is 13.5. The van der Waals surface area contributed by atoms with E-state index in [0.29, 0.717) is 0 Å². The topological polar surface area (TPSA) is 101 Å². The van der Waals surface area contributed by atoms with Gasteiger partial charge in [0.25, 0.3) is 5.91 Å². The van der Waals surface area contributed by atoms with Gasteiger partial charge in [-0.15, -0.1) is 0 Å². The number of rotatable bonds is 6. The first kappa shape index (κ1) is 16.1. The van der Waals surface area contributed by atoms with Crippen LogP contribution in [-0.2, 0) is 9.84 Å². The molecule has 2 N–H and O–H groups in total. The summed E-state index contributed by atoms with van der Waals surface area (Å²) in [4.78, 5) is 22.2. The van der Waals surface area contributed by atoms with E-state index >= 15 is 0 Å². The van der Waals surface area contributed by atoms with E-state index in [1.165, 1.54) is 6.92 Å². The van der Waals surface area contributed by atoms with Crippen LogP contribution in [0.1, 0.15) is 27.6 Å². The average Bonchev–Trinajstić information content (AvgIpc) is 2.38. The van der Waals surface area contributed by atoms with Gasteiger partial charge in [-0.05, 0) is 18.2 Å². The Morgan fingerprint density at radius 3 is 2.50 bits per heavy atom. The van der Waals surface area contributed by atoms with Gasteiger partial charge in [0, 0.05) is 12.3 Å². The van der Waals surface area contributed by atoms with E-state index in [-0.39, 0.29) is 29.2 Å². The number of amides is 1. The molecule has 110 valence electrons. The fourth-order valence-corrected chi connectivity index (χ4v) is 2.09. The van der Waals surface area contributed by atoms with Crippen LogP contribution in [0.15, 0.2) is 18.2 Å². The number of hydrogen-bond donors (Lipinski definition) is 2. The summed E-state index contributed by atoms with van der Waals surface area (Å²) in [5.41, 5.74) is -0.600. The largest absolute Gasteiger partial charge is 0.478 e. The van der Waals surface area contributed by atoms with E-state index in [2.05, 4.69) is 5.32 Å². The van der Waals surface area contributed by atoms with Crippen LogP contribution in [0.25, 0.3) is 0 Å². The minimum atomic E-state index is -3.21. The van der Waals surface area contributed by atoms with Gasteiger partial charge in [-0.3, -0.25) is 4.79 Å². The molecule has 1 rings (SSSR count). The zero-order valence-corrected chi connectivity index (χ0v) is 11.5. The van der Waals surface area contributed by atoms with Crippen LogP contribution in [0.2, 0.25) is 0 Å². The molecule has 0 heterocycles. The van der Waals surface area contributed by atoms with E-state index in [4.69, 9.17) is 5.11 Å². The predicted molar refractivity (Wildman–Crippen MR) is 70.0 cm³/mol. The SMILES string of the molecule is CCS(=O)(=O)CCNC(=O)c1ccc(C(=O)O)cc1F. The first-order valence-electron chi connectivity index (χ1n) is 5.78. The molecule has 0 radical (unpaired) electrons. The Morgan fingerprint density at radius 1 is 1.35 bits per heavy atom. The lowest BCUT2D eigenvalue weighted by Crippen LogP contribution is -2.30. The number of carbonyl (C=O) groups excluding carboxylic acids is 1. The van der Waals surface area contributed by atoms with Crippen molar-refractivity contribution in [2.24, 2.45) is 0 Å². The Kier molecular flexibility index (Phi) is 5.20. The number of carboxylic acids is 1. The maximum absolute atomic E-state index is 13.5. The number of nitrogens with one attached hydrogen (secondary N) is 1. The fraction of sp³-hybridized carbons (Fsp3) is 0.333. The Hall–Kier alpha value is -1.96. The van der Waals surface area contributed by atoms with Crippen LogP contribution < -0.4 is 5.32 Å². The fourth-order valence-electron chi connectivity index (χ4n) is 1.39. The summed E-state index contributed by atoms with van der Waals surface area (Å²) in [6, 6.07) is 2.88. The molecule has 0 saturated carbocycles. The van der Waals surface area contributed by atoms with Gasteiger partial charge in [-0.25, -0.2) is 17.6 Å². The maximum Gasteiger partial charge on any atom is 0.335 e. The van der Waals surface area contributed by atoms with Crippen molar-refractivity contribution in [3.8, 4) is 0 Å². The van der Waals surface area contributed by atoms with E-state index < -0.39 is 27.5 Å². The lowest BCUT2D eigenvalue weighted by Gasteiger charge is -2.06. The molecular formula is C12H14FNO5S. The van der Waals surface area contributed by atoms with Crippen molar-refractivity contribution in [2.45, 2.75) is 6.92 Å². The number of benzene rings is 1. The lowest BCUT2D eigenvalue weighted by atomic mass is 10.1. The van der Waals surface area contributed by atoms with Crippen molar-refractivity contribution in [3.05, 3.63) is 35.1 Å². The Balaban J connectivity index is 2.71. The van der Waals surface area contributed by atoms with E-state index in [1.807, 2.05) is 0 Å². The summed E-state index contributed by atoms with van der Waals surface area (Å²) in [7, 11) is -3.21. The second kappa shape index (κ2) is 6.47. The first-order valence-corrected chi connectivity index (χ1v) is 7.60. The normalized spacial score (nSPS) is 11.1. The Labute approximate surface area is 115 Å². The molecule has 1 aromatic rings. The molecule has 1 aromatic carbocycles. The van der Waals surface area contributed by atoms with Gasteiger partial charge in [0.2, 0.25) is 0 Å². The highest BCUT2D eigenvalue weighted by Crippen LogP contribution is 2.10. The summed E-state index contributed by atoms with van der Waals surface area (Å²) in [5.74, 6) is -3.33. The monoisotopic (exact) mass is 303 g/mol. The Morgan fingerprint density at radius 2 is 2.00 bits per heavy atom. The highest BCUT2D eigenvalue weighted by atomic mass is 32.2. The number of aromatic carboxylic acids is 1. The van der Waals surface area contributed by atoms with Crippen LogP contribution in [0.4, 0.5) is 4.39 Å². The third kappa shape index (κ3) is 4.30. The van der Waals surface area contributed by atoms with Gasteiger partial charge in [-0.1, -0.05) is 6.92 Å². The van der Waals surface area contributed by atoms with Crippen molar-refractivity contribution in [3.63, 3.8) is 0 Å². The van der Waals surface area contributed by atoms with Gasteiger partial charge in [0.05, 0.1) is 16.9 Å². The van der Waals surface area contributed by atoms with Crippen LogP contribution in [0.5, 0.6) is 0 Å². The van der Waals surface area contributed by atoms with Crippen LogP contribution in [-0.4, -0.2) is 43.5 Å². The molecule has 20 heavy (non-hydrogen) atoms. The average molecular weight is 303 g/mol. The van der Waals surface area contributed by atoms with Crippen molar-refractivity contribution in [1.82, 2.24) is 5.32 Å². The quantitative estimate of drug-likeness (QED) is 0.805. The number of halogens is 1. The number of carboxylic acid groups (broad SMARTS) is 1. The van der Waals surface area contributed by atoms with Crippen molar-refractivity contribution in [1.29, 1.82) is 0 Å². The highest BCUT2D eigenvalue weighted by molar-refractivity contribution is 7.91. The summed E-state index contributed by atoms with van der Waals surface area (Å²) in [6.07, 6.45) is 0. The minimum absolute atomic E-state index is 0.0372. The van der Waals surface area contributed by atoms with Crippen LogP contribution in [0.3, 0.4) is 0 Å². The first-order chi connectivity index (χ1) is 9.26. The molecule has 0 saturated heterocycles. The summed E-state index contributed by atoms with van der Waals surface area (Å²) < 4.78 is 36.0. The smallest absolute Gasteiger partial charge is 0.335 e. The number of carbonyl (C=O) groups is 2. The molecule has 6 nitrogen and oxygen atoms in total. The third-order valence-electron chi connectivity index (χ3n) is 2.60. The van der Waals surface area contributed by atoms with Gasteiger partial charge in [0.15, 0.2) is 9.84 Å². The van der Waals surface area contributed by atoms with Gasteiger partial charge in [-0.2, -0.15) is 0 Å². The molecule has 0 aromatic heterocycles. The van der Waals surface area contributed by atoms with E-state index in [1.54, 1.807) is 0 Å². The molecule has 0 bridgehead atoms. The number of sulfone groups is 1. The van der Waals surface area contributed by atoms with Gasteiger partial charge in [0.1, 0.15) is 5.82 Å². The predicted octanol–water partition coefficient (Wildman–Crippen LogP) is 0.688. The second-order valence-electron chi connectivity index (χ2n) is 3.99. The van der Waals surface area contributed by atoms with Gasteiger partial charge >= 0.3 is 5.97 Å². The van der Waals surface area contributed by atoms with E-state index in [9.17, 15) is 22.4 Å². The van der Waals surface area contributed by atoms with Crippen molar-refractivity contribution in [2.75, 3.05) is 18.1 Å². The molecule has 8 heteroatoms. The van der Waals surface area contributed by atoms with Crippen LogP contribution >= 0.6 is 0 Å². The number of hydrogen-bond acceptors (Lipinski definition) is 4. The third-order valence-corrected chi connectivity index (χ3v) is 4.30. The summed E-state index contributed by atoms with van der Waals surface area (Å²) in [6.45, 7) is 1.36. The molecule has 0 aliphatic heterocycles. The molecule has 0 unspecified atom stereocenters. The molecule has 1 amide bonds. The summed E-state index contributed by atoms with van der Waals surface area (Å²) >= 11 is 0. The zero-order valence-electron chi connectivity index (χ0n) is 10.7. The minimum Gasteiger partial charge on any atom is -0.478 e. The Bertz CT molecular complexity index is 627.